The summed E-state index contributed by atoms with van der Waals surface area (Å²) in [5.74, 6) is 0.970. The molecule has 0 spiro atoms. The number of piperazine rings is 1. The van der Waals surface area contributed by atoms with Gasteiger partial charge < -0.3 is 9.84 Å². The molecule has 16 heavy (non-hydrogen) atoms. The van der Waals surface area contributed by atoms with Crippen LogP contribution in [0.4, 0.5) is 0 Å². The lowest BCUT2D eigenvalue weighted by Gasteiger charge is -2.25. The van der Waals surface area contributed by atoms with Crippen LogP contribution in [0.1, 0.15) is 32.2 Å². The van der Waals surface area contributed by atoms with Crippen LogP contribution in [0.15, 0.2) is 10.6 Å². The fourth-order valence-corrected chi connectivity index (χ4v) is 1.84. The molecule has 2 heterocycles. The van der Waals surface area contributed by atoms with Gasteiger partial charge in [-0.15, -0.1) is 0 Å². The Bertz CT molecular complexity index is 334. The van der Waals surface area contributed by atoms with E-state index in [-0.39, 0.29) is 5.41 Å². The number of rotatable bonds is 2. The fraction of sp³-hybridized carbons (Fsp3) is 0.750. The molecular formula is C12H21N3O. The molecule has 1 aromatic heterocycles. The molecule has 1 saturated heterocycles. The molecule has 0 saturated carbocycles. The van der Waals surface area contributed by atoms with Crippen LogP contribution in [0.25, 0.3) is 0 Å². The minimum atomic E-state index is 0.0503. The van der Waals surface area contributed by atoms with E-state index < -0.39 is 0 Å². The van der Waals surface area contributed by atoms with E-state index in [1.54, 1.807) is 0 Å². The van der Waals surface area contributed by atoms with Gasteiger partial charge in [0.05, 0.1) is 5.69 Å². The van der Waals surface area contributed by atoms with Crippen LogP contribution < -0.4 is 5.32 Å². The highest BCUT2D eigenvalue weighted by molar-refractivity contribution is 5.13. The minimum Gasteiger partial charge on any atom is -0.361 e. The second kappa shape index (κ2) is 4.55. The van der Waals surface area contributed by atoms with Crippen molar-refractivity contribution in [2.24, 2.45) is 0 Å². The standard InChI is InChI=1S/C12H21N3O/c1-12(2,3)11-8-10(14-16-11)9-15-6-4-13-5-7-15/h8,13H,4-7,9H2,1-3H3. The predicted molar refractivity (Wildman–Crippen MR) is 63.3 cm³/mol. The summed E-state index contributed by atoms with van der Waals surface area (Å²) in [5.41, 5.74) is 1.10. The number of aromatic nitrogens is 1. The van der Waals surface area contributed by atoms with Crippen LogP contribution in [-0.2, 0) is 12.0 Å². The van der Waals surface area contributed by atoms with Gasteiger partial charge in [-0.05, 0) is 0 Å². The molecule has 1 aromatic rings. The van der Waals surface area contributed by atoms with Crippen LogP contribution in [0.2, 0.25) is 0 Å². The highest BCUT2D eigenvalue weighted by Crippen LogP contribution is 2.23. The molecule has 4 nitrogen and oxygen atoms in total. The number of nitrogens with zero attached hydrogens (tertiary/aromatic N) is 2. The lowest BCUT2D eigenvalue weighted by molar-refractivity contribution is 0.225. The first-order chi connectivity index (χ1) is 7.55. The third kappa shape index (κ3) is 2.83. The predicted octanol–water partition coefficient (Wildman–Crippen LogP) is 1.38. The summed E-state index contributed by atoms with van der Waals surface area (Å²) in [5, 5.41) is 7.48. The van der Waals surface area contributed by atoms with E-state index in [1.165, 1.54) is 0 Å². The van der Waals surface area contributed by atoms with Crippen molar-refractivity contribution in [3.8, 4) is 0 Å². The molecular weight excluding hydrogens is 202 g/mol. The molecule has 0 atom stereocenters. The van der Waals surface area contributed by atoms with Gasteiger partial charge in [-0.2, -0.15) is 0 Å². The maximum absolute atomic E-state index is 5.38. The van der Waals surface area contributed by atoms with E-state index in [0.29, 0.717) is 0 Å². The van der Waals surface area contributed by atoms with Gasteiger partial charge in [0, 0.05) is 44.2 Å². The van der Waals surface area contributed by atoms with Gasteiger partial charge in [-0.3, -0.25) is 4.90 Å². The Morgan fingerprint density at radius 3 is 2.62 bits per heavy atom. The highest BCUT2D eigenvalue weighted by Gasteiger charge is 2.20. The molecule has 4 heteroatoms. The summed E-state index contributed by atoms with van der Waals surface area (Å²) >= 11 is 0. The molecule has 0 aromatic carbocycles. The van der Waals surface area contributed by atoms with Gasteiger partial charge >= 0.3 is 0 Å². The van der Waals surface area contributed by atoms with Crippen molar-refractivity contribution < 1.29 is 4.52 Å². The monoisotopic (exact) mass is 223 g/mol. The van der Waals surface area contributed by atoms with Crippen molar-refractivity contribution in [3.63, 3.8) is 0 Å². The number of nitrogens with one attached hydrogen (secondary N) is 1. The Labute approximate surface area is 97.0 Å². The summed E-state index contributed by atoms with van der Waals surface area (Å²) in [6, 6.07) is 2.09. The lowest BCUT2D eigenvalue weighted by Crippen LogP contribution is -2.42. The lowest BCUT2D eigenvalue weighted by atomic mass is 9.93. The molecule has 0 radical (unpaired) electrons. The Morgan fingerprint density at radius 1 is 1.38 bits per heavy atom. The zero-order chi connectivity index (χ0) is 11.6. The summed E-state index contributed by atoms with van der Waals surface area (Å²) in [6.45, 7) is 11.7. The van der Waals surface area contributed by atoms with Gasteiger partial charge in [0.25, 0.3) is 0 Å². The molecule has 0 bridgehead atoms. The van der Waals surface area contributed by atoms with Gasteiger partial charge in [0.1, 0.15) is 5.76 Å². The third-order valence-corrected chi connectivity index (χ3v) is 2.89. The average molecular weight is 223 g/mol. The van der Waals surface area contributed by atoms with Crippen LogP contribution >= 0.6 is 0 Å². The quantitative estimate of drug-likeness (QED) is 0.822. The molecule has 2 rings (SSSR count). The van der Waals surface area contributed by atoms with Crippen molar-refractivity contribution in [2.45, 2.75) is 32.7 Å². The topological polar surface area (TPSA) is 41.3 Å². The first-order valence-electron chi connectivity index (χ1n) is 5.95. The van der Waals surface area contributed by atoms with Crippen molar-refractivity contribution in [2.75, 3.05) is 26.2 Å². The van der Waals surface area contributed by atoms with Crippen LogP contribution in [-0.4, -0.2) is 36.2 Å². The second-order valence-corrected chi connectivity index (χ2v) is 5.46. The van der Waals surface area contributed by atoms with E-state index in [4.69, 9.17) is 4.52 Å². The van der Waals surface area contributed by atoms with Crippen molar-refractivity contribution in [1.82, 2.24) is 15.4 Å². The highest BCUT2D eigenvalue weighted by atomic mass is 16.5. The van der Waals surface area contributed by atoms with Crippen LogP contribution in [0.3, 0.4) is 0 Å². The number of hydrogen-bond donors (Lipinski definition) is 1. The van der Waals surface area contributed by atoms with E-state index in [9.17, 15) is 0 Å². The van der Waals surface area contributed by atoms with Crippen molar-refractivity contribution in [3.05, 3.63) is 17.5 Å². The van der Waals surface area contributed by atoms with E-state index in [2.05, 4.69) is 42.2 Å². The molecule has 1 aliphatic rings. The largest absolute Gasteiger partial charge is 0.361 e. The third-order valence-electron chi connectivity index (χ3n) is 2.89. The summed E-state index contributed by atoms with van der Waals surface area (Å²) < 4.78 is 5.38. The van der Waals surface area contributed by atoms with Crippen LogP contribution in [0.5, 0.6) is 0 Å². The fourth-order valence-electron chi connectivity index (χ4n) is 1.84. The van der Waals surface area contributed by atoms with Gasteiger partial charge in [-0.1, -0.05) is 25.9 Å². The van der Waals surface area contributed by atoms with E-state index >= 15 is 0 Å². The Balaban J connectivity index is 1.97. The SMILES string of the molecule is CC(C)(C)c1cc(CN2CCNCC2)no1. The zero-order valence-electron chi connectivity index (χ0n) is 10.4. The molecule has 0 unspecified atom stereocenters. The molecule has 0 aliphatic carbocycles. The zero-order valence-corrected chi connectivity index (χ0v) is 10.4. The normalized spacial score (nSPS) is 18.9. The smallest absolute Gasteiger partial charge is 0.142 e. The van der Waals surface area contributed by atoms with Crippen LogP contribution in [0, 0.1) is 0 Å². The maximum Gasteiger partial charge on any atom is 0.142 e. The summed E-state index contributed by atoms with van der Waals surface area (Å²) in [7, 11) is 0. The number of hydrogen-bond acceptors (Lipinski definition) is 4. The molecule has 0 amide bonds. The maximum atomic E-state index is 5.38. The van der Waals surface area contributed by atoms with Gasteiger partial charge in [-0.25, -0.2) is 0 Å². The van der Waals surface area contributed by atoms with E-state index in [0.717, 1.165) is 44.2 Å². The summed E-state index contributed by atoms with van der Waals surface area (Å²) in [4.78, 5) is 2.40. The molecule has 90 valence electrons. The van der Waals surface area contributed by atoms with Crippen molar-refractivity contribution >= 4 is 0 Å². The Morgan fingerprint density at radius 2 is 2.06 bits per heavy atom. The second-order valence-electron chi connectivity index (χ2n) is 5.46. The van der Waals surface area contributed by atoms with Crippen molar-refractivity contribution in [1.29, 1.82) is 0 Å². The van der Waals surface area contributed by atoms with E-state index in [1.807, 2.05) is 0 Å². The van der Waals surface area contributed by atoms with Gasteiger partial charge in [0.2, 0.25) is 0 Å². The average Bonchev–Trinajstić information content (AvgIpc) is 2.67. The minimum absolute atomic E-state index is 0.0503. The molecule has 1 N–H and O–H groups in total. The van der Waals surface area contributed by atoms with Gasteiger partial charge in [0.15, 0.2) is 0 Å². The first-order valence-corrected chi connectivity index (χ1v) is 5.95. The molecule has 1 aliphatic heterocycles. The Hall–Kier alpha value is -0.870. The first kappa shape index (κ1) is 11.6. The molecule has 1 fully saturated rings. The Kier molecular flexibility index (Phi) is 3.30. The summed E-state index contributed by atoms with van der Waals surface area (Å²) in [6.07, 6.45) is 0.